The quantitative estimate of drug-likeness (QED) is 0.288. The first-order valence-electron chi connectivity index (χ1n) is 13.2. The van der Waals surface area contributed by atoms with Gasteiger partial charge in [0.15, 0.2) is 0 Å². The molecule has 0 atom stereocenters. The third kappa shape index (κ3) is 5.29. The molecule has 4 aromatic rings. The molecule has 0 radical (unpaired) electrons. The van der Waals surface area contributed by atoms with Crippen LogP contribution in [-0.2, 0) is 0 Å². The lowest BCUT2D eigenvalue weighted by Gasteiger charge is -2.33. The van der Waals surface area contributed by atoms with Crippen LogP contribution in [-0.4, -0.2) is 41.1 Å². The van der Waals surface area contributed by atoms with Crippen LogP contribution in [0.1, 0.15) is 62.0 Å². The van der Waals surface area contributed by atoms with Gasteiger partial charge in [-0.05, 0) is 86.3 Å². The first-order valence-corrected chi connectivity index (χ1v) is 13.5. The minimum absolute atomic E-state index is 0.222. The highest BCUT2D eigenvalue weighted by Gasteiger charge is 2.22. The number of nitrogens with one attached hydrogen (secondary N) is 1. The molecule has 0 amide bonds. The van der Waals surface area contributed by atoms with E-state index in [0.717, 1.165) is 70.7 Å². The molecule has 0 bridgehead atoms. The maximum Gasteiger partial charge on any atom is 0.130 e. The van der Waals surface area contributed by atoms with E-state index in [1.54, 1.807) is 18.3 Å². The lowest BCUT2D eigenvalue weighted by Crippen LogP contribution is -2.41. The Morgan fingerprint density at radius 3 is 2.58 bits per heavy atom. The van der Waals surface area contributed by atoms with Crippen LogP contribution in [0.3, 0.4) is 0 Å². The molecule has 3 aromatic heterocycles. The van der Waals surface area contributed by atoms with E-state index >= 15 is 4.39 Å². The molecule has 4 heterocycles. The molecule has 7 heteroatoms. The topological polar surface area (TPSA) is 53.9 Å². The highest BCUT2D eigenvalue weighted by molar-refractivity contribution is 6.30. The van der Waals surface area contributed by atoms with Crippen molar-refractivity contribution in [2.24, 2.45) is 0 Å². The molecule has 38 heavy (non-hydrogen) atoms. The molecule has 0 unspecified atom stereocenters. The first kappa shape index (κ1) is 26.3. The number of piperidine rings is 1. The number of pyridine rings is 3. The number of fused-ring (bicyclic) bond motifs is 1. The van der Waals surface area contributed by atoms with E-state index in [0.29, 0.717) is 16.6 Å². The molecule has 5 rings (SSSR count). The van der Waals surface area contributed by atoms with Gasteiger partial charge in [-0.3, -0.25) is 9.97 Å². The van der Waals surface area contributed by atoms with Crippen molar-refractivity contribution in [2.45, 2.75) is 45.6 Å². The standard InChI is InChI=1S/C31H33ClFN5/c1-19(2)24-6-5-13-35-31(24)30(20(3)25-16-21(32)7-8-26(25)33)28-10-9-27-29(37-28)17-23(18-36-27)38-14-11-22(34-4)12-15-38/h5-10,13,16-19,22,34H,11-12,14-15H2,1-4H3/b30-20+. The van der Waals surface area contributed by atoms with E-state index in [1.807, 2.05) is 38.4 Å². The van der Waals surface area contributed by atoms with Crippen LogP contribution in [0.2, 0.25) is 5.02 Å². The minimum Gasteiger partial charge on any atom is -0.370 e. The fourth-order valence-electron chi connectivity index (χ4n) is 5.24. The molecule has 1 saturated heterocycles. The van der Waals surface area contributed by atoms with Crippen LogP contribution in [0.15, 0.2) is 60.9 Å². The van der Waals surface area contributed by atoms with Gasteiger partial charge in [-0.25, -0.2) is 9.37 Å². The number of aromatic nitrogens is 3. The van der Waals surface area contributed by atoms with Gasteiger partial charge in [0, 0.05) is 41.5 Å². The van der Waals surface area contributed by atoms with E-state index < -0.39 is 0 Å². The maximum absolute atomic E-state index is 15.1. The van der Waals surface area contributed by atoms with Crippen molar-refractivity contribution in [3.05, 3.63) is 94.3 Å². The number of allylic oxidation sites excluding steroid dienone is 1. The SMILES string of the molecule is CNC1CCN(c2cnc3ccc(/C(=C(/C)c4cc(Cl)ccc4F)c4ncccc4C(C)C)nc3c2)CC1. The van der Waals surface area contributed by atoms with Crippen LogP contribution < -0.4 is 10.2 Å². The Kier molecular flexibility index (Phi) is 7.73. The number of rotatable bonds is 6. The first-order chi connectivity index (χ1) is 18.4. The van der Waals surface area contributed by atoms with E-state index in [9.17, 15) is 0 Å². The molecule has 1 aliphatic heterocycles. The van der Waals surface area contributed by atoms with Crippen molar-refractivity contribution in [1.82, 2.24) is 20.3 Å². The Morgan fingerprint density at radius 2 is 1.84 bits per heavy atom. The summed E-state index contributed by atoms with van der Waals surface area (Å²) in [5.41, 5.74) is 7.24. The van der Waals surface area contributed by atoms with Crippen molar-refractivity contribution >= 4 is 39.5 Å². The highest BCUT2D eigenvalue weighted by Crippen LogP contribution is 2.36. The van der Waals surface area contributed by atoms with E-state index in [1.165, 1.54) is 6.07 Å². The zero-order valence-electron chi connectivity index (χ0n) is 22.3. The Hall–Kier alpha value is -3.35. The summed E-state index contributed by atoms with van der Waals surface area (Å²) in [5.74, 6) is -0.110. The number of benzene rings is 1. The summed E-state index contributed by atoms with van der Waals surface area (Å²) in [6.45, 7) is 8.13. The molecule has 1 aromatic carbocycles. The smallest absolute Gasteiger partial charge is 0.130 e. The van der Waals surface area contributed by atoms with Crippen LogP contribution >= 0.6 is 11.6 Å². The molecule has 0 spiro atoms. The van der Waals surface area contributed by atoms with Gasteiger partial charge < -0.3 is 10.2 Å². The van der Waals surface area contributed by atoms with Gasteiger partial charge in [0.25, 0.3) is 0 Å². The number of hydrogen-bond acceptors (Lipinski definition) is 5. The van der Waals surface area contributed by atoms with Crippen LogP contribution in [0.4, 0.5) is 10.1 Å². The van der Waals surface area contributed by atoms with E-state index in [4.69, 9.17) is 26.6 Å². The molecule has 196 valence electrons. The molecular formula is C31H33ClFN5. The number of hydrogen-bond donors (Lipinski definition) is 1. The van der Waals surface area contributed by atoms with Gasteiger partial charge in [0.05, 0.1) is 34.3 Å². The van der Waals surface area contributed by atoms with Crippen molar-refractivity contribution in [2.75, 3.05) is 25.0 Å². The normalized spacial score (nSPS) is 15.3. The Balaban J connectivity index is 1.67. The van der Waals surface area contributed by atoms with Gasteiger partial charge in [-0.2, -0.15) is 0 Å². The second-order valence-corrected chi connectivity index (χ2v) is 10.6. The summed E-state index contributed by atoms with van der Waals surface area (Å²) in [4.78, 5) is 16.9. The van der Waals surface area contributed by atoms with Gasteiger partial charge in [0.2, 0.25) is 0 Å². The highest BCUT2D eigenvalue weighted by atomic mass is 35.5. The second-order valence-electron chi connectivity index (χ2n) is 10.2. The van der Waals surface area contributed by atoms with Crippen molar-refractivity contribution in [3.63, 3.8) is 0 Å². The molecule has 1 fully saturated rings. The Morgan fingerprint density at radius 1 is 1.05 bits per heavy atom. The zero-order valence-corrected chi connectivity index (χ0v) is 23.1. The summed E-state index contributed by atoms with van der Waals surface area (Å²) < 4.78 is 15.1. The molecule has 0 saturated carbocycles. The van der Waals surface area contributed by atoms with Gasteiger partial charge >= 0.3 is 0 Å². The molecule has 5 nitrogen and oxygen atoms in total. The molecule has 0 aliphatic carbocycles. The summed E-state index contributed by atoms with van der Waals surface area (Å²) in [7, 11) is 2.03. The van der Waals surface area contributed by atoms with Crippen LogP contribution in [0, 0.1) is 5.82 Å². The Bertz CT molecular complexity index is 1490. The van der Waals surface area contributed by atoms with Crippen LogP contribution in [0.25, 0.3) is 22.2 Å². The fourth-order valence-corrected chi connectivity index (χ4v) is 5.41. The predicted octanol–water partition coefficient (Wildman–Crippen LogP) is 7.11. The fraction of sp³-hybridized carbons (Fsp3) is 0.323. The van der Waals surface area contributed by atoms with Crippen molar-refractivity contribution in [1.29, 1.82) is 0 Å². The maximum atomic E-state index is 15.1. The van der Waals surface area contributed by atoms with Crippen molar-refractivity contribution < 1.29 is 4.39 Å². The molecule has 1 N–H and O–H groups in total. The van der Waals surface area contributed by atoms with Gasteiger partial charge in [0.1, 0.15) is 5.82 Å². The lowest BCUT2D eigenvalue weighted by molar-refractivity contribution is 0.442. The summed E-state index contributed by atoms with van der Waals surface area (Å²) in [5, 5.41) is 3.86. The van der Waals surface area contributed by atoms with Crippen molar-refractivity contribution in [3.8, 4) is 0 Å². The van der Waals surface area contributed by atoms with Crippen LogP contribution in [0.5, 0.6) is 0 Å². The van der Waals surface area contributed by atoms with Gasteiger partial charge in [-0.15, -0.1) is 0 Å². The lowest BCUT2D eigenvalue weighted by atomic mass is 9.90. The van der Waals surface area contributed by atoms with E-state index in [2.05, 4.69) is 36.2 Å². The molecule has 1 aliphatic rings. The third-order valence-corrected chi connectivity index (χ3v) is 7.69. The second kappa shape index (κ2) is 11.2. The monoisotopic (exact) mass is 529 g/mol. The summed E-state index contributed by atoms with van der Waals surface area (Å²) in [6, 6.07) is 15.2. The Labute approximate surface area is 228 Å². The predicted molar refractivity (Wildman–Crippen MR) is 155 cm³/mol. The zero-order chi connectivity index (χ0) is 26.8. The number of nitrogens with zero attached hydrogens (tertiary/aromatic N) is 4. The molecular weight excluding hydrogens is 497 g/mol. The average molecular weight is 530 g/mol. The van der Waals surface area contributed by atoms with E-state index in [-0.39, 0.29) is 11.7 Å². The number of anilines is 1. The summed E-state index contributed by atoms with van der Waals surface area (Å²) >= 11 is 6.29. The largest absolute Gasteiger partial charge is 0.370 e. The number of halogens is 2. The summed E-state index contributed by atoms with van der Waals surface area (Å²) in [6.07, 6.45) is 5.90. The minimum atomic E-state index is -0.332. The third-order valence-electron chi connectivity index (χ3n) is 7.45. The van der Waals surface area contributed by atoms with Gasteiger partial charge in [-0.1, -0.05) is 31.5 Å². The average Bonchev–Trinajstić information content (AvgIpc) is 2.94.